The molecule has 0 aromatic carbocycles. The van der Waals surface area contributed by atoms with E-state index in [0.717, 1.165) is 74.1 Å². The summed E-state index contributed by atoms with van der Waals surface area (Å²) in [6, 6.07) is 0. The molecule has 1 rings (SSSR count). The highest BCUT2D eigenvalue weighted by Gasteiger charge is 2.13. The van der Waals surface area contributed by atoms with Crippen LogP contribution in [0.3, 0.4) is 0 Å². The number of amides is 1. The van der Waals surface area contributed by atoms with Crippen molar-refractivity contribution in [3.63, 3.8) is 0 Å². The minimum atomic E-state index is -0.134. The monoisotopic (exact) mass is 508 g/mol. The maximum Gasteiger partial charge on any atom is 0.230 e. The van der Waals surface area contributed by atoms with E-state index in [1.54, 1.807) is 6.08 Å². The van der Waals surface area contributed by atoms with Crippen LogP contribution in [0.4, 0.5) is 5.13 Å². The Morgan fingerprint density at radius 3 is 2.34 bits per heavy atom. The van der Waals surface area contributed by atoms with Gasteiger partial charge in [-0.2, -0.15) is 0 Å². The van der Waals surface area contributed by atoms with E-state index < -0.39 is 0 Å². The molecule has 5 nitrogen and oxygen atoms in total. The Labute approximate surface area is 220 Å². The molecule has 8 heteroatoms. The Morgan fingerprint density at radius 2 is 1.74 bits per heavy atom. The molecule has 0 atom stereocenters. The minimum absolute atomic E-state index is 0.134. The summed E-state index contributed by atoms with van der Waals surface area (Å²) >= 11 is 2.93. The number of carbonyl (C=O) groups is 1. The fraction of sp³-hybridized carbons (Fsp3) is 0.296. The maximum atomic E-state index is 12.5. The normalized spacial score (nSPS) is 11.1. The zero-order valence-corrected chi connectivity index (χ0v) is 23.0. The summed E-state index contributed by atoms with van der Waals surface area (Å²) in [6.45, 7) is 31.5. The van der Waals surface area contributed by atoms with Crippen molar-refractivity contribution in [1.82, 2.24) is 15.5 Å². The number of rotatable bonds is 17. The summed E-state index contributed by atoms with van der Waals surface area (Å²) in [5.74, 6) is -0.134. The van der Waals surface area contributed by atoms with E-state index in [0.29, 0.717) is 11.6 Å². The second-order valence-corrected chi connectivity index (χ2v) is 10.8. The van der Waals surface area contributed by atoms with Gasteiger partial charge in [0.2, 0.25) is 11.0 Å². The molecule has 0 aliphatic rings. The van der Waals surface area contributed by atoms with E-state index in [9.17, 15) is 4.79 Å². The van der Waals surface area contributed by atoms with Gasteiger partial charge >= 0.3 is 0 Å². The molecule has 186 valence electrons. The summed E-state index contributed by atoms with van der Waals surface area (Å²) in [6.07, 6.45) is 6.20. The second kappa shape index (κ2) is 15.2. The largest absolute Gasteiger partial charge is 0.354 e. The predicted molar refractivity (Wildman–Crippen MR) is 158 cm³/mol. The average Bonchev–Trinajstić information content (AvgIpc) is 3.20. The van der Waals surface area contributed by atoms with E-state index in [4.69, 9.17) is 0 Å². The molecular formula is C27H37BN4OS2. The van der Waals surface area contributed by atoms with Crippen molar-refractivity contribution in [2.45, 2.75) is 52.4 Å². The van der Waals surface area contributed by atoms with E-state index in [1.165, 1.54) is 23.1 Å². The smallest absolute Gasteiger partial charge is 0.230 e. The van der Waals surface area contributed by atoms with E-state index in [2.05, 4.69) is 66.9 Å². The van der Waals surface area contributed by atoms with Crippen molar-refractivity contribution in [3.8, 4) is 0 Å². The Hall–Kier alpha value is -2.84. The number of allylic oxidation sites excluding steroid dienone is 6. The fourth-order valence-corrected chi connectivity index (χ4v) is 4.62. The van der Waals surface area contributed by atoms with Crippen molar-refractivity contribution in [3.05, 3.63) is 101 Å². The third kappa shape index (κ3) is 11.9. The van der Waals surface area contributed by atoms with Gasteiger partial charge in [-0.1, -0.05) is 91.8 Å². The van der Waals surface area contributed by atoms with Crippen molar-refractivity contribution in [2.75, 3.05) is 5.32 Å². The first-order valence-electron chi connectivity index (χ1n) is 11.4. The van der Waals surface area contributed by atoms with Crippen LogP contribution in [0.1, 0.15) is 51.0 Å². The third-order valence-electron chi connectivity index (χ3n) is 5.07. The average molecular weight is 509 g/mol. The zero-order valence-electron chi connectivity index (χ0n) is 21.4. The summed E-state index contributed by atoms with van der Waals surface area (Å²) in [4.78, 5) is 13.5. The minimum Gasteiger partial charge on any atom is -0.354 e. The van der Waals surface area contributed by atoms with Gasteiger partial charge in [-0.3, -0.25) is 4.79 Å². The number of aromatic nitrogens is 2. The van der Waals surface area contributed by atoms with E-state index >= 15 is 0 Å². The lowest BCUT2D eigenvalue weighted by atomic mass is 9.81. The van der Waals surface area contributed by atoms with Crippen LogP contribution in [0.25, 0.3) is 0 Å². The molecule has 35 heavy (non-hydrogen) atoms. The highest BCUT2D eigenvalue weighted by atomic mass is 32.2. The first kappa shape index (κ1) is 30.2. The molecule has 2 N–H and O–H groups in total. The summed E-state index contributed by atoms with van der Waals surface area (Å²) in [5.41, 5.74) is 5.43. The molecule has 0 fully saturated rings. The van der Waals surface area contributed by atoms with Gasteiger partial charge in [0.25, 0.3) is 0 Å². The number of nitrogens with zero attached hydrogens (tertiary/aromatic N) is 2. The Balaban J connectivity index is 2.41. The number of hydrogen-bond donors (Lipinski definition) is 2. The highest BCUT2D eigenvalue weighted by Crippen LogP contribution is 2.27. The quantitative estimate of drug-likeness (QED) is 0.142. The van der Waals surface area contributed by atoms with Crippen molar-refractivity contribution >= 4 is 42.0 Å². The molecule has 1 aromatic heterocycles. The first-order chi connectivity index (χ1) is 16.4. The summed E-state index contributed by atoms with van der Waals surface area (Å²) in [5, 5.41) is 16.6. The number of aryl methyl sites for hydroxylation is 1. The fourth-order valence-electron chi connectivity index (χ4n) is 3.03. The van der Waals surface area contributed by atoms with Crippen LogP contribution in [-0.4, -0.2) is 24.0 Å². The van der Waals surface area contributed by atoms with E-state index in [-0.39, 0.29) is 12.3 Å². The number of anilines is 1. The van der Waals surface area contributed by atoms with Crippen LogP contribution in [0.2, 0.25) is 0 Å². The molecule has 0 saturated heterocycles. The van der Waals surface area contributed by atoms with Crippen LogP contribution in [0.15, 0.2) is 95.5 Å². The summed E-state index contributed by atoms with van der Waals surface area (Å²) < 4.78 is 0. The molecular weight excluding hydrogens is 471 g/mol. The van der Waals surface area contributed by atoms with Gasteiger partial charge in [-0.05, 0) is 49.2 Å². The molecule has 1 heterocycles. The lowest BCUT2D eigenvalue weighted by Crippen LogP contribution is -2.13. The molecule has 1 aromatic rings. The number of thioether (sulfide) groups is 1. The molecule has 0 radical (unpaired) electrons. The van der Waals surface area contributed by atoms with Gasteiger partial charge in [0.05, 0.1) is 11.4 Å². The van der Waals surface area contributed by atoms with Crippen LogP contribution in [0, 0.1) is 0 Å². The van der Waals surface area contributed by atoms with Crippen molar-refractivity contribution in [2.24, 2.45) is 0 Å². The molecule has 0 unspecified atom stereocenters. The highest BCUT2D eigenvalue weighted by molar-refractivity contribution is 8.06. The summed E-state index contributed by atoms with van der Waals surface area (Å²) in [7, 11) is 1.96. The van der Waals surface area contributed by atoms with Gasteiger partial charge in [-0.15, -0.1) is 10.2 Å². The van der Waals surface area contributed by atoms with Gasteiger partial charge < -0.3 is 10.6 Å². The first-order valence-corrected chi connectivity index (χ1v) is 13.0. The van der Waals surface area contributed by atoms with E-state index in [1.807, 2.05) is 21.7 Å². The molecule has 0 aliphatic carbocycles. The lowest BCUT2D eigenvalue weighted by molar-refractivity contribution is -0.115. The second-order valence-electron chi connectivity index (χ2n) is 8.43. The van der Waals surface area contributed by atoms with Gasteiger partial charge in [0, 0.05) is 18.5 Å². The van der Waals surface area contributed by atoms with Crippen LogP contribution >= 0.6 is 23.1 Å². The van der Waals surface area contributed by atoms with Gasteiger partial charge in [0.1, 0.15) is 12.9 Å². The van der Waals surface area contributed by atoms with Crippen LogP contribution < -0.4 is 10.6 Å². The Bertz CT molecular complexity index is 1060. The number of nitrogens with one attached hydrogen (secondary N) is 2. The van der Waals surface area contributed by atoms with Gasteiger partial charge in [-0.25, -0.2) is 0 Å². The Kier molecular flexibility index (Phi) is 13.1. The van der Waals surface area contributed by atoms with Crippen molar-refractivity contribution < 1.29 is 4.79 Å². The number of unbranched alkanes of at least 4 members (excludes halogenated alkanes) is 1. The van der Waals surface area contributed by atoms with Gasteiger partial charge in [0.15, 0.2) is 0 Å². The number of hydrogen-bond acceptors (Lipinski definition) is 6. The molecule has 0 spiro atoms. The lowest BCUT2D eigenvalue weighted by Gasteiger charge is -2.13. The SMILES string of the molecule is B/C(C(=C)C)=C(\CC(=O)Nc1nnc(CCCCC(=C)SC(=C)NC(=C)CC(=C)C=C)s1)C(=C)C. The topological polar surface area (TPSA) is 66.9 Å². The third-order valence-corrected chi connectivity index (χ3v) is 6.81. The zero-order chi connectivity index (χ0) is 26.5. The van der Waals surface area contributed by atoms with Crippen LogP contribution in [0.5, 0.6) is 0 Å². The molecule has 0 aliphatic heterocycles. The molecule has 1 amide bonds. The standard InChI is InChI=1S/C27H37BN4OS2/c1-10-19(6)15-20(7)29-22(9)34-21(8)13-11-12-14-25-31-32-27(35-25)30-24(33)16-23(17(2)3)26(28)18(4)5/h10,29H,1-2,4,6-9,11-16,28H2,3,5H3,(H,30,32,33)/b26-23+. The molecule has 0 saturated carbocycles. The van der Waals surface area contributed by atoms with Crippen molar-refractivity contribution in [1.29, 1.82) is 0 Å². The number of carbonyl (C=O) groups excluding carboxylic acids is 1. The maximum absolute atomic E-state index is 12.5. The van der Waals surface area contributed by atoms with Crippen LogP contribution in [-0.2, 0) is 11.2 Å². The Morgan fingerprint density at radius 1 is 1.06 bits per heavy atom. The predicted octanol–water partition coefficient (Wildman–Crippen LogP) is 6.57. The molecule has 0 bridgehead atoms.